The Kier molecular flexibility index (Phi) is 4.90. The van der Waals surface area contributed by atoms with E-state index in [0.29, 0.717) is 13.1 Å². The van der Waals surface area contributed by atoms with Crippen molar-refractivity contribution in [3.8, 4) is 0 Å². The number of nitrogens with zero attached hydrogens (tertiary/aromatic N) is 1. The highest BCUT2D eigenvalue weighted by molar-refractivity contribution is 7.09. The first-order valence-corrected chi connectivity index (χ1v) is 8.61. The van der Waals surface area contributed by atoms with Gasteiger partial charge in [0, 0.05) is 23.6 Å². The van der Waals surface area contributed by atoms with Crippen molar-refractivity contribution in [3.63, 3.8) is 0 Å². The van der Waals surface area contributed by atoms with Crippen LogP contribution in [0.1, 0.15) is 33.6 Å². The first-order chi connectivity index (χ1) is 10.7. The standard InChI is InChI=1S/C18H21NO2S/c1-14-6-2-3-9-17(14)18(20)19(12-15-7-4-10-21-15)13-16-8-5-11-22-16/h2-3,5-6,8-9,11,15H,4,7,10,12-13H2,1H3. The number of hydrogen-bond donors (Lipinski definition) is 0. The summed E-state index contributed by atoms with van der Waals surface area (Å²) in [6.07, 6.45) is 2.31. The second-order valence-electron chi connectivity index (χ2n) is 5.71. The van der Waals surface area contributed by atoms with Crippen LogP contribution in [0, 0.1) is 6.92 Å². The van der Waals surface area contributed by atoms with Crippen molar-refractivity contribution in [1.29, 1.82) is 0 Å². The lowest BCUT2D eigenvalue weighted by molar-refractivity contribution is 0.0509. The van der Waals surface area contributed by atoms with Gasteiger partial charge in [0.15, 0.2) is 0 Å². The van der Waals surface area contributed by atoms with Gasteiger partial charge >= 0.3 is 0 Å². The second-order valence-corrected chi connectivity index (χ2v) is 6.75. The van der Waals surface area contributed by atoms with Crippen LogP contribution in [0.3, 0.4) is 0 Å². The highest BCUT2D eigenvalue weighted by atomic mass is 32.1. The summed E-state index contributed by atoms with van der Waals surface area (Å²) in [5, 5.41) is 2.05. The van der Waals surface area contributed by atoms with Gasteiger partial charge in [-0.05, 0) is 42.8 Å². The highest BCUT2D eigenvalue weighted by Crippen LogP contribution is 2.20. The number of benzene rings is 1. The summed E-state index contributed by atoms with van der Waals surface area (Å²) in [7, 11) is 0. The zero-order valence-corrected chi connectivity index (χ0v) is 13.6. The molecule has 0 bridgehead atoms. The van der Waals surface area contributed by atoms with Gasteiger partial charge in [0.05, 0.1) is 12.6 Å². The summed E-state index contributed by atoms with van der Waals surface area (Å²) in [6, 6.07) is 11.9. The molecule has 2 aromatic rings. The minimum absolute atomic E-state index is 0.0991. The van der Waals surface area contributed by atoms with E-state index in [0.717, 1.165) is 30.6 Å². The van der Waals surface area contributed by atoms with Gasteiger partial charge < -0.3 is 9.64 Å². The van der Waals surface area contributed by atoms with E-state index in [-0.39, 0.29) is 12.0 Å². The van der Waals surface area contributed by atoms with E-state index in [1.165, 1.54) is 4.88 Å². The maximum Gasteiger partial charge on any atom is 0.254 e. The Balaban J connectivity index is 1.80. The van der Waals surface area contributed by atoms with Crippen LogP contribution >= 0.6 is 11.3 Å². The molecule has 1 aromatic carbocycles. The van der Waals surface area contributed by atoms with Gasteiger partial charge in [-0.2, -0.15) is 0 Å². The molecule has 1 amide bonds. The molecular formula is C18H21NO2S. The van der Waals surface area contributed by atoms with Gasteiger partial charge in [0.2, 0.25) is 0 Å². The summed E-state index contributed by atoms with van der Waals surface area (Å²) in [5.74, 6) is 0.0991. The molecule has 1 aliphatic rings. The summed E-state index contributed by atoms with van der Waals surface area (Å²) in [6.45, 7) is 4.13. The van der Waals surface area contributed by atoms with E-state index in [4.69, 9.17) is 4.74 Å². The lowest BCUT2D eigenvalue weighted by Gasteiger charge is -2.25. The van der Waals surface area contributed by atoms with E-state index < -0.39 is 0 Å². The molecule has 0 spiro atoms. The molecule has 1 saturated heterocycles. The first-order valence-electron chi connectivity index (χ1n) is 7.73. The average molecular weight is 315 g/mol. The molecule has 0 aliphatic carbocycles. The molecule has 0 N–H and O–H groups in total. The number of rotatable bonds is 5. The van der Waals surface area contributed by atoms with Crippen molar-refractivity contribution in [2.75, 3.05) is 13.2 Å². The fourth-order valence-corrected chi connectivity index (χ4v) is 3.55. The van der Waals surface area contributed by atoms with Crippen molar-refractivity contribution in [2.24, 2.45) is 0 Å². The van der Waals surface area contributed by atoms with E-state index >= 15 is 0 Å². The minimum Gasteiger partial charge on any atom is -0.376 e. The molecule has 1 unspecified atom stereocenters. The quantitative estimate of drug-likeness (QED) is 0.838. The van der Waals surface area contributed by atoms with Gasteiger partial charge in [0.25, 0.3) is 5.91 Å². The van der Waals surface area contributed by atoms with Gasteiger partial charge in [0.1, 0.15) is 0 Å². The number of thiophene rings is 1. The molecule has 22 heavy (non-hydrogen) atoms. The molecule has 1 aromatic heterocycles. The Morgan fingerprint density at radius 2 is 2.18 bits per heavy atom. The van der Waals surface area contributed by atoms with Crippen LogP contribution in [-0.2, 0) is 11.3 Å². The smallest absolute Gasteiger partial charge is 0.254 e. The van der Waals surface area contributed by atoms with Gasteiger partial charge in [-0.3, -0.25) is 4.79 Å². The van der Waals surface area contributed by atoms with Crippen LogP contribution in [0.2, 0.25) is 0 Å². The Morgan fingerprint density at radius 3 is 2.86 bits per heavy atom. The number of carbonyl (C=O) groups excluding carboxylic acids is 1. The van der Waals surface area contributed by atoms with Crippen molar-refractivity contribution >= 4 is 17.2 Å². The Labute approximate surface area is 135 Å². The average Bonchev–Trinajstić information content (AvgIpc) is 3.20. The Bertz CT molecular complexity index is 618. The van der Waals surface area contributed by atoms with E-state index in [1.807, 2.05) is 42.2 Å². The van der Waals surface area contributed by atoms with Gasteiger partial charge in [-0.1, -0.05) is 24.3 Å². The predicted molar refractivity (Wildman–Crippen MR) is 89.2 cm³/mol. The lowest BCUT2D eigenvalue weighted by Crippen LogP contribution is -2.37. The van der Waals surface area contributed by atoms with Crippen LogP contribution in [-0.4, -0.2) is 30.1 Å². The third kappa shape index (κ3) is 3.57. The Hall–Kier alpha value is -1.65. The number of hydrogen-bond acceptors (Lipinski definition) is 3. The van der Waals surface area contributed by atoms with Crippen LogP contribution < -0.4 is 0 Å². The second kappa shape index (κ2) is 7.07. The molecule has 116 valence electrons. The molecule has 1 fully saturated rings. The van der Waals surface area contributed by atoms with E-state index in [1.54, 1.807) is 11.3 Å². The molecule has 4 heteroatoms. The van der Waals surface area contributed by atoms with Crippen LogP contribution in [0.4, 0.5) is 0 Å². The monoisotopic (exact) mass is 315 g/mol. The third-order valence-electron chi connectivity index (χ3n) is 4.04. The van der Waals surface area contributed by atoms with Crippen LogP contribution in [0.15, 0.2) is 41.8 Å². The topological polar surface area (TPSA) is 29.5 Å². The zero-order chi connectivity index (χ0) is 15.4. The van der Waals surface area contributed by atoms with Crippen molar-refractivity contribution in [1.82, 2.24) is 4.90 Å². The molecule has 3 rings (SSSR count). The van der Waals surface area contributed by atoms with Crippen molar-refractivity contribution < 1.29 is 9.53 Å². The normalized spacial score (nSPS) is 17.6. The maximum absolute atomic E-state index is 13.0. The summed E-state index contributed by atoms with van der Waals surface area (Å²) >= 11 is 1.69. The number of amides is 1. The molecule has 0 saturated carbocycles. The molecule has 1 atom stereocenters. The van der Waals surface area contributed by atoms with Crippen molar-refractivity contribution in [3.05, 3.63) is 57.8 Å². The van der Waals surface area contributed by atoms with Gasteiger partial charge in [-0.25, -0.2) is 0 Å². The first kappa shape index (κ1) is 15.3. The number of carbonyl (C=O) groups is 1. The predicted octanol–water partition coefficient (Wildman–Crippen LogP) is 3.88. The molecule has 3 nitrogen and oxygen atoms in total. The molecule has 0 radical (unpaired) electrons. The van der Waals surface area contributed by atoms with Gasteiger partial charge in [-0.15, -0.1) is 11.3 Å². The van der Waals surface area contributed by atoms with E-state index in [2.05, 4.69) is 11.4 Å². The largest absolute Gasteiger partial charge is 0.376 e. The molecular weight excluding hydrogens is 294 g/mol. The fraction of sp³-hybridized carbons (Fsp3) is 0.389. The van der Waals surface area contributed by atoms with E-state index in [9.17, 15) is 4.79 Å². The number of ether oxygens (including phenoxy) is 1. The Morgan fingerprint density at radius 1 is 1.32 bits per heavy atom. The minimum atomic E-state index is 0.0991. The highest BCUT2D eigenvalue weighted by Gasteiger charge is 2.24. The van der Waals surface area contributed by atoms with Crippen LogP contribution in [0.5, 0.6) is 0 Å². The zero-order valence-electron chi connectivity index (χ0n) is 12.8. The molecule has 1 aliphatic heterocycles. The summed E-state index contributed by atoms with van der Waals surface area (Å²) in [5.41, 5.74) is 1.81. The maximum atomic E-state index is 13.0. The van der Waals surface area contributed by atoms with Crippen molar-refractivity contribution in [2.45, 2.75) is 32.4 Å². The van der Waals surface area contributed by atoms with Crippen LogP contribution in [0.25, 0.3) is 0 Å². The lowest BCUT2D eigenvalue weighted by atomic mass is 10.1. The third-order valence-corrected chi connectivity index (χ3v) is 4.90. The number of aryl methyl sites for hydroxylation is 1. The summed E-state index contributed by atoms with van der Waals surface area (Å²) < 4.78 is 5.73. The summed E-state index contributed by atoms with van der Waals surface area (Å²) in [4.78, 5) is 16.1. The SMILES string of the molecule is Cc1ccccc1C(=O)N(Cc1cccs1)CC1CCCO1. The molecule has 2 heterocycles. The fourth-order valence-electron chi connectivity index (χ4n) is 2.83.